The molecule has 0 fully saturated rings. The van der Waals surface area contributed by atoms with Gasteiger partial charge in [-0.15, -0.1) is 0 Å². The Labute approximate surface area is 123 Å². The Morgan fingerprint density at radius 2 is 2.00 bits per heavy atom. The fourth-order valence-electron chi connectivity index (χ4n) is 1.42. The van der Waals surface area contributed by atoms with Gasteiger partial charge in [0, 0.05) is 11.1 Å². The maximum atomic E-state index is 11.9. The summed E-state index contributed by atoms with van der Waals surface area (Å²) in [6, 6.07) is 2.48. The van der Waals surface area contributed by atoms with Crippen molar-refractivity contribution < 1.29 is 37.3 Å². The molecule has 0 unspecified atom stereocenters. The van der Waals surface area contributed by atoms with Gasteiger partial charge in [0.2, 0.25) is 0 Å². The van der Waals surface area contributed by atoms with Crippen LogP contribution in [0.4, 0.5) is 13.2 Å². The van der Waals surface area contributed by atoms with Gasteiger partial charge >= 0.3 is 12.1 Å². The van der Waals surface area contributed by atoms with Crippen molar-refractivity contribution in [2.24, 2.45) is 0 Å². The second kappa shape index (κ2) is 7.37. The average Bonchev–Trinajstić information content (AvgIpc) is 2.37. The molecule has 0 aromatic heterocycles. The van der Waals surface area contributed by atoms with Gasteiger partial charge in [-0.3, -0.25) is 0 Å². The van der Waals surface area contributed by atoms with E-state index in [0.29, 0.717) is 0 Å². The lowest BCUT2D eigenvalue weighted by molar-refractivity contribution is -0.175. The lowest BCUT2D eigenvalue weighted by Crippen LogP contribution is -2.19. The van der Waals surface area contributed by atoms with Crippen LogP contribution in [0.1, 0.15) is 10.4 Å². The van der Waals surface area contributed by atoms with E-state index in [-0.39, 0.29) is 35.3 Å². The first-order valence-electron chi connectivity index (χ1n) is 5.62. The van der Waals surface area contributed by atoms with E-state index in [1.165, 1.54) is 13.2 Å². The summed E-state index contributed by atoms with van der Waals surface area (Å²) in [5, 5.41) is 9.17. The lowest BCUT2D eigenvalue weighted by atomic mass is 10.2. The average molecular weight is 329 g/mol. The molecule has 9 heteroatoms. The number of hydrogen-bond donors (Lipinski definition) is 1. The van der Waals surface area contributed by atoms with Crippen LogP contribution in [0.25, 0.3) is 0 Å². The lowest BCUT2D eigenvalue weighted by Gasteiger charge is -2.14. The normalized spacial score (nSPS) is 11.3. The van der Waals surface area contributed by atoms with Crippen molar-refractivity contribution >= 4 is 17.6 Å². The molecule has 0 amide bonds. The highest BCUT2D eigenvalue weighted by Gasteiger charge is 2.27. The van der Waals surface area contributed by atoms with Crippen molar-refractivity contribution in [3.8, 4) is 11.5 Å². The molecule has 21 heavy (non-hydrogen) atoms. The van der Waals surface area contributed by atoms with E-state index in [2.05, 4.69) is 4.74 Å². The Morgan fingerprint density at radius 3 is 2.52 bits per heavy atom. The zero-order valence-corrected chi connectivity index (χ0v) is 11.6. The van der Waals surface area contributed by atoms with E-state index in [1.54, 1.807) is 0 Å². The summed E-state index contributed by atoms with van der Waals surface area (Å²) in [4.78, 5) is 11.1. The largest absolute Gasteiger partial charge is 0.493 e. The Balaban J connectivity index is 2.71. The number of benzene rings is 1. The zero-order valence-electron chi connectivity index (χ0n) is 10.9. The molecule has 0 saturated heterocycles. The number of carbonyl (C=O) groups is 1. The van der Waals surface area contributed by atoms with Crippen molar-refractivity contribution in [1.29, 1.82) is 0 Å². The third-order valence-corrected chi connectivity index (χ3v) is 2.43. The molecule has 1 rings (SSSR count). The maximum absolute atomic E-state index is 11.9. The summed E-state index contributed by atoms with van der Waals surface area (Å²) in [7, 11) is 1.28. The first-order chi connectivity index (χ1) is 9.74. The number of rotatable bonds is 7. The van der Waals surface area contributed by atoms with Crippen molar-refractivity contribution in [2.75, 3.05) is 26.9 Å². The van der Waals surface area contributed by atoms with Crippen LogP contribution in [0, 0.1) is 0 Å². The minimum absolute atomic E-state index is 0.0655. The van der Waals surface area contributed by atoms with Gasteiger partial charge in [-0.2, -0.15) is 13.2 Å². The molecule has 0 saturated carbocycles. The van der Waals surface area contributed by atoms with Gasteiger partial charge in [-0.05, 0) is 6.07 Å². The number of methoxy groups -OCH3 is 1. The maximum Gasteiger partial charge on any atom is 0.411 e. The van der Waals surface area contributed by atoms with Crippen LogP contribution in [0.3, 0.4) is 0 Å². The molecule has 0 bridgehead atoms. The molecule has 0 spiro atoms. The fourth-order valence-corrected chi connectivity index (χ4v) is 1.63. The SMILES string of the molecule is COc1cc(Cl)cc(C(=O)O)c1OCCOCC(F)(F)F. The first-order valence-corrected chi connectivity index (χ1v) is 6.00. The molecule has 0 aliphatic rings. The predicted octanol–water partition coefficient (Wildman–Crippen LogP) is 3.00. The number of halogens is 4. The predicted molar refractivity (Wildman–Crippen MR) is 67.3 cm³/mol. The van der Waals surface area contributed by atoms with Crippen molar-refractivity contribution in [3.63, 3.8) is 0 Å². The monoisotopic (exact) mass is 328 g/mol. The third kappa shape index (κ3) is 5.68. The van der Waals surface area contributed by atoms with Crippen LogP contribution in [0.2, 0.25) is 5.02 Å². The van der Waals surface area contributed by atoms with Gasteiger partial charge in [0.1, 0.15) is 18.8 Å². The number of hydrogen-bond acceptors (Lipinski definition) is 4. The number of carboxylic acids is 1. The van der Waals surface area contributed by atoms with Crippen LogP contribution in [-0.2, 0) is 4.74 Å². The van der Waals surface area contributed by atoms with Gasteiger partial charge in [0.15, 0.2) is 11.5 Å². The molecule has 0 radical (unpaired) electrons. The Hall–Kier alpha value is -1.67. The molecule has 0 aliphatic carbocycles. The molecule has 5 nitrogen and oxygen atoms in total. The van der Waals surface area contributed by atoms with Gasteiger partial charge in [-0.25, -0.2) is 4.79 Å². The van der Waals surface area contributed by atoms with E-state index < -0.39 is 18.8 Å². The van der Waals surface area contributed by atoms with Crippen LogP contribution in [-0.4, -0.2) is 44.2 Å². The molecule has 1 aromatic rings. The van der Waals surface area contributed by atoms with Crippen molar-refractivity contribution in [2.45, 2.75) is 6.18 Å². The van der Waals surface area contributed by atoms with E-state index in [4.69, 9.17) is 26.2 Å². The third-order valence-electron chi connectivity index (χ3n) is 2.21. The standard InChI is InChI=1S/C12H12ClF3O5/c1-19-9-5-7(13)4-8(11(17)18)10(9)21-3-2-20-6-12(14,15)16/h4-5H,2-3,6H2,1H3,(H,17,18). The molecule has 0 aliphatic heterocycles. The van der Waals surface area contributed by atoms with Crippen molar-refractivity contribution in [3.05, 3.63) is 22.7 Å². The van der Waals surface area contributed by atoms with Crippen LogP contribution in [0.5, 0.6) is 11.5 Å². The number of ether oxygens (including phenoxy) is 3. The summed E-state index contributed by atoms with van der Waals surface area (Å²) in [6.45, 7) is -2.03. The molecule has 0 atom stereocenters. The minimum Gasteiger partial charge on any atom is -0.493 e. The summed E-state index contributed by atoms with van der Waals surface area (Å²) in [5.41, 5.74) is -0.254. The van der Waals surface area contributed by atoms with E-state index in [1.807, 2.05) is 0 Å². The summed E-state index contributed by atoms with van der Waals surface area (Å²) in [5.74, 6) is -1.36. The van der Waals surface area contributed by atoms with Gasteiger partial charge in [0.05, 0.1) is 13.7 Å². The smallest absolute Gasteiger partial charge is 0.411 e. The molecule has 0 heterocycles. The fraction of sp³-hybridized carbons (Fsp3) is 0.417. The van der Waals surface area contributed by atoms with E-state index >= 15 is 0 Å². The summed E-state index contributed by atoms with van der Waals surface area (Å²) >= 11 is 5.73. The second-order valence-corrected chi connectivity index (χ2v) is 4.24. The number of carboxylic acid groups (broad SMARTS) is 1. The van der Waals surface area contributed by atoms with Crippen molar-refractivity contribution in [1.82, 2.24) is 0 Å². The first kappa shape index (κ1) is 17.4. The van der Waals surface area contributed by atoms with E-state index in [9.17, 15) is 18.0 Å². The zero-order chi connectivity index (χ0) is 16.0. The highest BCUT2D eigenvalue weighted by molar-refractivity contribution is 6.31. The minimum atomic E-state index is -4.43. The van der Waals surface area contributed by atoms with Gasteiger partial charge in [0.25, 0.3) is 0 Å². The Kier molecular flexibility index (Phi) is 6.10. The van der Waals surface area contributed by atoms with Gasteiger partial charge in [-0.1, -0.05) is 11.6 Å². The molecule has 1 aromatic carbocycles. The molecular formula is C12H12ClF3O5. The Bertz CT molecular complexity index is 504. The van der Waals surface area contributed by atoms with Crippen LogP contribution >= 0.6 is 11.6 Å². The van der Waals surface area contributed by atoms with E-state index in [0.717, 1.165) is 6.07 Å². The molecule has 1 N–H and O–H groups in total. The van der Waals surface area contributed by atoms with Crippen LogP contribution < -0.4 is 9.47 Å². The summed E-state index contributed by atoms with van der Waals surface area (Å²) in [6.07, 6.45) is -4.43. The van der Waals surface area contributed by atoms with Crippen LogP contribution in [0.15, 0.2) is 12.1 Å². The highest BCUT2D eigenvalue weighted by Crippen LogP contribution is 2.34. The molecule has 118 valence electrons. The molecular weight excluding hydrogens is 317 g/mol. The number of alkyl halides is 3. The second-order valence-electron chi connectivity index (χ2n) is 3.81. The highest BCUT2D eigenvalue weighted by atomic mass is 35.5. The Morgan fingerprint density at radius 1 is 1.33 bits per heavy atom. The quantitative estimate of drug-likeness (QED) is 0.779. The topological polar surface area (TPSA) is 65.0 Å². The number of aromatic carboxylic acids is 1. The summed E-state index contributed by atoms with van der Waals surface area (Å²) < 4.78 is 50.0. The van der Waals surface area contributed by atoms with Gasteiger partial charge < -0.3 is 19.3 Å².